The van der Waals surface area contributed by atoms with Gasteiger partial charge in [0, 0.05) is 48.6 Å². The zero-order valence-corrected chi connectivity index (χ0v) is 73.1. The monoisotopic (exact) mass is 1600 g/mol. The number of aliphatic hydroxyl groups is 4. The number of aliphatic hydroxyl groups excluding tert-OH is 1. The number of ether oxygens (including phenoxy) is 1. The molecule has 0 aromatic carbocycles. The molecule has 0 aliphatic heterocycles. The van der Waals surface area contributed by atoms with Crippen molar-refractivity contribution < 1.29 is 43.8 Å². The summed E-state index contributed by atoms with van der Waals surface area (Å²) in [6, 6.07) is 4.48. The van der Waals surface area contributed by atoms with E-state index in [1.54, 1.807) is 11.0 Å². The van der Waals surface area contributed by atoms with Gasteiger partial charge in [0.2, 0.25) is 0 Å². The van der Waals surface area contributed by atoms with Crippen LogP contribution in [0.2, 0.25) is 0 Å². The predicted octanol–water partition coefficient (Wildman–Crippen LogP) is 20.0. The Morgan fingerprint density at radius 1 is 0.474 bits per heavy atom. The van der Waals surface area contributed by atoms with Crippen LogP contribution in [-0.2, 0) is 40.3 Å². The van der Waals surface area contributed by atoms with E-state index >= 15 is 0 Å². The van der Waals surface area contributed by atoms with E-state index in [4.69, 9.17) is 13.8 Å². The van der Waals surface area contributed by atoms with Gasteiger partial charge in [-0.25, -0.2) is 9.67 Å². The second-order valence-electron chi connectivity index (χ2n) is 45.2. The molecule has 0 saturated heterocycles. The molecule has 4 N–H and O–H groups in total. The highest BCUT2D eigenvalue weighted by atomic mass is 16.5. The summed E-state index contributed by atoms with van der Waals surface area (Å²) in [6.07, 6.45) is 49.8. The minimum absolute atomic E-state index is 0. The number of hydrogen-bond donors (Lipinski definition) is 4. The molecule has 646 valence electrons. The van der Waals surface area contributed by atoms with E-state index in [-0.39, 0.29) is 54.3 Å². The Balaban J connectivity index is 0.000000116. The van der Waals surface area contributed by atoms with Crippen LogP contribution in [0.15, 0.2) is 40.2 Å². The summed E-state index contributed by atoms with van der Waals surface area (Å²) in [5.74, 6) is 18.2. The van der Waals surface area contributed by atoms with Crippen LogP contribution < -0.4 is 0 Å². The van der Waals surface area contributed by atoms with Crippen molar-refractivity contribution in [2.45, 2.75) is 388 Å². The summed E-state index contributed by atoms with van der Waals surface area (Å²) in [5, 5.41) is 67.0. The molecule has 4 heterocycles. The van der Waals surface area contributed by atoms with Gasteiger partial charge in [-0.3, -0.25) is 9.59 Å². The molecule has 16 fully saturated rings. The largest absolute Gasteiger partial charge is 0.393 e. The Morgan fingerprint density at radius 2 is 0.957 bits per heavy atom. The number of aryl methyl sites for hydroxylation is 2. The minimum Gasteiger partial charge on any atom is -0.393 e. The lowest BCUT2D eigenvalue weighted by Gasteiger charge is -2.61. The third-order valence-corrected chi connectivity index (χ3v) is 39.3. The molecule has 16 aliphatic carbocycles. The van der Waals surface area contributed by atoms with Gasteiger partial charge in [0.25, 0.3) is 0 Å². The quantitative estimate of drug-likeness (QED) is 0.0971. The second-order valence-corrected chi connectivity index (χ2v) is 45.2. The Morgan fingerprint density at radius 3 is 1.51 bits per heavy atom. The molecule has 0 bridgehead atoms. The normalized spacial score (nSPS) is 47.3. The van der Waals surface area contributed by atoms with Crippen molar-refractivity contribution in [1.82, 2.24) is 45.3 Å². The van der Waals surface area contributed by atoms with Crippen molar-refractivity contribution in [3.8, 4) is 0 Å². The highest BCUT2D eigenvalue weighted by molar-refractivity contribution is 5.82. The molecule has 116 heavy (non-hydrogen) atoms. The molecular weight excluding hydrogens is 1450 g/mol. The van der Waals surface area contributed by atoms with Gasteiger partial charge in [-0.15, -0.1) is 10.2 Å². The standard InChI is InChI=1S/C26H41N3O3.C25H39NO2.C24H37NO2.C22H34N4O2.CH4/c1-17(2)32-14-26-11-8-19(30)12-18(26)4-5-20-21-6-7-23(25(21,3)10-9-22(20)26)24(31)13-29-16-27-15-28-29;1-5-17-14-22(26-28-17)21-9-8-19-18-7-6-16-15-23(2,27)12-13-24(16,3)20(18)10-11-25(19,21)4;1-4-16-13-22(25-27-16)21-8-7-20-19-6-5-15-14-23(2,26)11-9-17(15)18(19)10-12-24(20,21)3;1-21(28)9-7-15-14(11-21)3-4-17-16(15)8-10-22(2)18(17)5-6-19(22)20(27)12-26-24-13-23-25-26;/h15-23,30H,4-14H2,1-3H3;14,16,18-21,27H,5-13,15H2,1-4H3;13,15,17-21,26H,4-12,14H2,1-3H3;13-19,28H,3-12H2,1-2H3;1H4/t18-,19-,20+,21+,22+,23-,25+,26-;16-,18-,19-,20-,21+,23+,24-,25-;15-,17+,18-,19-,20+,21-,23-,24+;14-,15-,16+,17+,18-,19+,21+,22-;/m1010./s1. The number of tetrazole rings is 1. The molecule has 0 amide bonds. The van der Waals surface area contributed by atoms with Crippen molar-refractivity contribution in [1.29, 1.82) is 0 Å². The SMILES string of the molecule is C.CC(C)OC[C@]12CC[C@@H](O)C[C@H]1CC[C@H]1[C@@H]3CC[C@H](C(=O)Cn4cncn4)[C@@]3(C)CC[C@@H]12.CCc1cc([C@H]2CC[C@H]3[C@@H]4CC[C@@H]5C[C@](C)(O)CC[C@@H]5[C@H]4CC[C@]23C)no1.CCc1cc([C@H]2CC[C@H]3[C@@H]4CC[C@H]5C[C@](C)(O)CC[C@]5(C)[C@H]4CC[C@]23C)no1.C[C@@]1(O)CC[C@H]2[C@@H](CC[C@@H]3[C@@H]2CC[C@]2(C)[C@@H](C(=O)Cn4ncnn4)CC[C@@H]32)C1. The molecular formula is C98H155N9O9. The zero-order valence-electron chi connectivity index (χ0n) is 73.1. The van der Waals surface area contributed by atoms with Crippen LogP contribution in [0, 0.1) is 151 Å². The number of carbonyl (C=O) groups is 2. The van der Waals surface area contributed by atoms with Crippen LogP contribution >= 0.6 is 0 Å². The van der Waals surface area contributed by atoms with Gasteiger partial charge in [-0.1, -0.05) is 66.2 Å². The van der Waals surface area contributed by atoms with Crippen LogP contribution in [0.4, 0.5) is 0 Å². The molecule has 4 aromatic heterocycles. The van der Waals surface area contributed by atoms with Gasteiger partial charge in [0.1, 0.15) is 37.3 Å². The number of fused-ring (bicyclic) bond motifs is 20. The lowest BCUT2D eigenvalue weighted by molar-refractivity contribution is -0.170. The number of nitrogens with zero attached hydrogens (tertiary/aromatic N) is 9. The average molecular weight is 1600 g/mol. The summed E-state index contributed by atoms with van der Waals surface area (Å²) in [7, 11) is 0. The summed E-state index contributed by atoms with van der Waals surface area (Å²) >= 11 is 0. The summed E-state index contributed by atoms with van der Waals surface area (Å²) < 4.78 is 19.2. The van der Waals surface area contributed by atoms with Crippen molar-refractivity contribution >= 4 is 11.6 Å². The molecule has 0 radical (unpaired) electrons. The van der Waals surface area contributed by atoms with Gasteiger partial charge in [-0.2, -0.15) is 9.90 Å². The number of ketones is 2. The van der Waals surface area contributed by atoms with E-state index in [9.17, 15) is 30.0 Å². The Labute approximate surface area is 696 Å². The maximum Gasteiger partial charge on any atom is 0.162 e. The average Bonchev–Trinajstić information content (AvgIpc) is 1.44. The van der Waals surface area contributed by atoms with E-state index < -0.39 is 16.8 Å². The van der Waals surface area contributed by atoms with E-state index in [1.807, 2.05) is 6.92 Å². The van der Waals surface area contributed by atoms with Crippen LogP contribution in [0.25, 0.3) is 0 Å². The molecule has 0 spiro atoms. The summed E-state index contributed by atoms with van der Waals surface area (Å²) in [5.41, 5.74) is 2.92. The van der Waals surface area contributed by atoms with Crippen molar-refractivity contribution in [3.05, 3.63) is 54.0 Å². The smallest absolute Gasteiger partial charge is 0.162 e. The summed E-state index contributed by atoms with van der Waals surface area (Å²) in [6.45, 7) is 28.8. The molecule has 0 unspecified atom stereocenters. The first-order valence-electron chi connectivity index (χ1n) is 47.8. The maximum absolute atomic E-state index is 13.3. The molecule has 20 rings (SSSR count). The minimum atomic E-state index is -0.447. The summed E-state index contributed by atoms with van der Waals surface area (Å²) in [4.78, 5) is 31.8. The molecule has 18 heteroatoms. The van der Waals surface area contributed by atoms with Gasteiger partial charge in [0.15, 0.2) is 17.9 Å². The fourth-order valence-electron chi connectivity index (χ4n) is 33.7. The van der Waals surface area contributed by atoms with Crippen molar-refractivity contribution in [2.24, 2.45) is 151 Å². The highest BCUT2D eigenvalue weighted by Gasteiger charge is 2.66. The van der Waals surface area contributed by atoms with E-state index in [2.05, 4.69) is 124 Å². The van der Waals surface area contributed by atoms with Gasteiger partial charge in [0.05, 0.1) is 47.0 Å². The first-order valence-corrected chi connectivity index (χ1v) is 47.8. The second kappa shape index (κ2) is 32.8. The number of aromatic nitrogens is 9. The third kappa shape index (κ3) is 15.5. The molecule has 16 aliphatic rings. The number of hydrogen-bond acceptors (Lipinski definition) is 16. The fourth-order valence-corrected chi connectivity index (χ4v) is 33.7. The molecule has 32 atom stereocenters. The van der Waals surface area contributed by atoms with Crippen LogP contribution in [0.1, 0.15) is 356 Å². The Kier molecular flexibility index (Phi) is 24.1. The topological polar surface area (TPSA) is 251 Å². The van der Waals surface area contributed by atoms with Crippen LogP contribution in [0.5, 0.6) is 0 Å². The van der Waals surface area contributed by atoms with Gasteiger partial charge >= 0.3 is 0 Å². The van der Waals surface area contributed by atoms with Crippen LogP contribution in [0.3, 0.4) is 0 Å². The first kappa shape index (κ1) is 85.3. The predicted molar refractivity (Wildman–Crippen MR) is 450 cm³/mol. The number of carbonyl (C=O) groups excluding carboxylic acids is 2. The van der Waals surface area contributed by atoms with E-state index in [0.29, 0.717) is 81.7 Å². The van der Waals surface area contributed by atoms with E-state index in [0.717, 1.165) is 179 Å². The van der Waals surface area contributed by atoms with Crippen LogP contribution in [-0.4, -0.2) is 113 Å². The van der Waals surface area contributed by atoms with E-state index in [1.165, 1.54) is 183 Å². The molecule has 16 saturated carbocycles. The van der Waals surface area contributed by atoms with Crippen molar-refractivity contribution in [3.63, 3.8) is 0 Å². The fraction of sp³-hybridized carbons (Fsp3) is 0.888. The Hall–Kier alpha value is -4.23. The zero-order chi connectivity index (χ0) is 80.6. The van der Waals surface area contributed by atoms with Crippen molar-refractivity contribution in [2.75, 3.05) is 6.61 Å². The first-order chi connectivity index (χ1) is 54.9. The van der Waals surface area contributed by atoms with Gasteiger partial charge < -0.3 is 34.2 Å². The molecule has 4 aromatic rings. The number of rotatable bonds is 13. The Bertz CT molecular complexity index is 3980. The lowest BCUT2D eigenvalue weighted by atomic mass is 9.44. The molecule has 18 nitrogen and oxygen atoms in total. The maximum atomic E-state index is 13.3. The highest BCUT2D eigenvalue weighted by Crippen LogP contribution is 2.73. The lowest BCUT2D eigenvalue weighted by Crippen LogP contribution is -2.57. The number of Topliss-reactive ketones (excluding diaryl/α,β-unsaturated/α-hetero) is 2. The van der Waals surface area contributed by atoms with Gasteiger partial charge in [-0.05, 0) is 410 Å². The third-order valence-electron chi connectivity index (χ3n) is 39.3.